The second-order valence-electron chi connectivity index (χ2n) is 10.2. The van der Waals surface area contributed by atoms with E-state index in [4.69, 9.17) is 0 Å². The van der Waals surface area contributed by atoms with Crippen molar-refractivity contribution >= 4 is 22.8 Å². The molecule has 0 fully saturated rings. The lowest BCUT2D eigenvalue weighted by molar-refractivity contribution is 0.0697. The van der Waals surface area contributed by atoms with Crippen molar-refractivity contribution < 1.29 is 19.1 Å². The number of nitrogens with zero attached hydrogens (tertiary/aromatic N) is 1. The average Bonchev–Trinajstić information content (AvgIpc) is 3.19. The molecular formula is C34H31FN2O3. The van der Waals surface area contributed by atoms with Gasteiger partial charge in [0.25, 0.3) is 5.91 Å². The minimum absolute atomic E-state index is 0.252. The zero-order valence-electron chi connectivity index (χ0n) is 23.0. The van der Waals surface area contributed by atoms with Crippen molar-refractivity contribution in [1.29, 1.82) is 0 Å². The lowest BCUT2D eigenvalue weighted by Gasteiger charge is -2.16. The summed E-state index contributed by atoms with van der Waals surface area (Å²) in [6, 6.07) is 25.3. The minimum Gasteiger partial charge on any atom is -0.478 e. The molecule has 1 unspecified atom stereocenters. The first-order valence-electron chi connectivity index (χ1n) is 13.2. The van der Waals surface area contributed by atoms with Crippen molar-refractivity contribution in [2.24, 2.45) is 0 Å². The van der Waals surface area contributed by atoms with Crippen LogP contribution < -0.4 is 5.32 Å². The Bertz CT molecular complexity index is 1750. The summed E-state index contributed by atoms with van der Waals surface area (Å²) in [6.07, 6.45) is 0. The van der Waals surface area contributed by atoms with Gasteiger partial charge in [0.15, 0.2) is 0 Å². The van der Waals surface area contributed by atoms with Gasteiger partial charge >= 0.3 is 5.97 Å². The molecule has 1 amide bonds. The van der Waals surface area contributed by atoms with Gasteiger partial charge in [-0.15, -0.1) is 0 Å². The van der Waals surface area contributed by atoms with Crippen molar-refractivity contribution in [1.82, 2.24) is 9.88 Å². The highest BCUT2D eigenvalue weighted by Crippen LogP contribution is 2.29. The fraction of sp³-hybridized carbons (Fsp3) is 0.176. The fourth-order valence-corrected chi connectivity index (χ4v) is 5.25. The molecule has 1 atom stereocenters. The first kappa shape index (κ1) is 26.9. The number of nitrogens with one attached hydrogen (secondary N) is 1. The van der Waals surface area contributed by atoms with Gasteiger partial charge in [-0.05, 0) is 79.8 Å². The fourth-order valence-electron chi connectivity index (χ4n) is 5.25. The number of fused-ring (bicyclic) bond motifs is 1. The summed E-state index contributed by atoms with van der Waals surface area (Å²) in [4.78, 5) is 24.7. The van der Waals surface area contributed by atoms with Crippen LogP contribution in [-0.2, 0) is 6.54 Å². The van der Waals surface area contributed by atoms with E-state index in [0.717, 1.165) is 33.3 Å². The molecule has 40 heavy (non-hydrogen) atoms. The number of carbonyl (C=O) groups excluding carboxylic acids is 1. The number of halogens is 1. The molecule has 0 spiro atoms. The number of aromatic nitrogens is 1. The van der Waals surface area contributed by atoms with Crippen LogP contribution >= 0.6 is 0 Å². The van der Waals surface area contributed by atoms with Gasteiger partial charge in [0.1, 0.15) is 5.82 Å². The SMILES string of the molecule is Cc1cccc(C(C)NC(=O)c2ccc3c(c2)c(C)c(C)n3Cc2ccc(-c3ccccc3C(=O)O)cc2)c1F. The van der Waals surface area contributed by atoms with Crippen LogP contribution in [0, 0.1) is 26.6 Å². The molecule has 2 N–H and O–H groups in total. The number of amides is 1. The molecule has 5 nitrogen and oxygen atoms in total. The Morgan fingerprint density at radius 3 is 2.38 bits per heavy atom. The van der Waals surface area contributed by atoms with Gasteiger partial charge in [-0.3, -0.25) is 4.79 Å². The highest BCUT2D eigenvalue weighted by Gasteiger charge is 2.18. The van der Waals surface area contributed by atoms with E-state index in [1.807, 2.05) is 55.5 Å². The molecule has 1 aromatic heterocycles. The largest absolute Gasteiger partial charge is 0.478 e. The third-order valence-electron chi connectivity index (χ3n) is 7.70. The van der Waals surface area contributed by atoms with Gasteiger partial charge in [-0.25, -0.2) is 9.18 Å². The number of carboxylic acids is 1. The molecule has 5 aromatic rings. The van der Waals surface area contributed by atoms with Gasteiger partial charge in [-0.2, -0.15) is 0 Å². The molecule has 0 saturated carbocycles. The number of carboxylic acid groups (broad SMARTS) is 1. The Morgan fingerprint density at radius 1 is 0.925 bits per heavy atom. The van der Waals surface area contributed by atoms with Crippen LogP contribution in [0.4, 0.5) is 4.39 Å². The summed E-state index contributed by atoms with van der Waals surface area (Å²) < 4.78 is 16.8. The van der Waals surface area contributed by atoms with Crippen LogP contribution in [-0.4, -0.2) is 21.6 Å². The molecule has 0 saturated heterocycles. The predicted molar refractivity (Wildman–Crippen MR) is 156 cm³/mol. The molecule has 0 bridgehead atoms. The number of aromatic carboxylic acids is 1. The summed E-state index contributed by atoms with van der Waals surface area (Å²) in [5.74, 6) is -1.50. The van der Waals surface area contributed by atoms with Crippen LogP contribution in [0.5, 0.6) is 0 Å². The molecule has 0 aliphatic heterocycles. The molecule has 0 aliphatic carbocycles. The van der Waals surface area contributed by atoms with Crippen molar-refractivity contribution in [3.8, 4) is 11.1 Å². The molecule has 202 valence electrons. The van der Waals surface area contributed by atoms with E-state index in [0.29, 0.717) is 28.8 Å². The molecule has 6 heteroatoms. The van der Waals surface area contributed by atoms with E-state index in [9.17, 15) is 19.1 Å². The maximum Gasteiger partial charge on any atom is 0.336 e. The Labute approximate surface area is 232 Å². The number of benzene rings is 4. The second-order valence-corrected chi connectivity index (χ2v) is 10.2. The van der Waals surface area contributed by atoms with Crippen LogP contribution in [0.25, 0.3) is 22.0 Å². The number of rotatable bonds is 7. The van der Waals surface area contributed by atoms with Crippen molar-refractivity contribution in [2.75, 3.05) is 0 Å². The second kappa shape index (κ2) is 10.8. The van der Waals surface area contributed by atoms with Crippen LogP contribution in [0.15, 0.2) is 84.9 Å². The van der Waals surface area contributed by atoms with Gasteiger partial charge in [0, 0.05) is 34.3 Å². The molecular weight excluding hydrogens is 503 g/mol. The Morgan fingerprint density at radius 2 is 1.65 bits per heavy atom. The summed E-state index contributed by atoms with van der Waals surface area (Å²) in [5, 5.41) is 13.5. The lowest BCUT2D eigenvalue weighted by Crippen LogP contribution is -2.27. The third kappa shape index (κ3) is 5.00. The van der Waals surface area contributed by atoms with E-state index in [1.54, 1.807) is 50.2 Å². The standard InChI is InChI=1S/C34H31FN2O3/c1-20-8-7-11-27(32(20)35)22(3)36-33(38)26-16-17-31-30(18-26)21(2)23(4)37(31)19-24-12-14-25(15-13-24)28-9-5-6-10-29(28)34(39)40/h5-18,22H,19H2,1-4H3,(H,36,38)(H,39,40). The summed E-state index contributed by atoms with van der Waals surface area (Å²) in [5.41, 5.74) is 7.63. The zero-order chi connectivity index (χ0) is 28.6. The lowest BCUT2D eigenvalue weighted by atomic mass is 9.99. The van der Waals surface area contributed by atoms with Gasteiger partial charge < -0.3 is 15.0 Å². The Hall–Kier alpha value is -4.71. The molecule has 1 heterocycles. The molecule has 0 radical (unpaired) electrons. The monoisotopic (exact) mass is 534 g/mol. The topological polar surface area (TPSA) is 71.3 Å². The molecule has 4 aromatic carbocycles. The predicted octanol–water partition coefficient (Wildman–Crippen LogP) is 7.61. The van der Waals surface area contributed by atoms with Gasteiger partial charge in [0.05, 0.1) is 11.6 Å². The summed E-state index contributed by atoms with van der Waals surface area (Å²) >= 11 is 0. The van der Waals surface area contributed by atoms with E-state index >= 15 is 0 Å². The Kier molecular flexibility index (Phi) is 7.26. The minimum atomic E-state index is -0.950. The van der Waals surface area contributed by atoms with Gasteiger partial charge in [-0.1, -0.05) is 60.7 Å². The van der Waals surface area contributed by atoms with E-state index < -0.39 is 12.0 Å². The first-order valence-corrected chi connectivity index (χ1v) is 13.2. The van der Waals surface area contributed by atoms with Crippen molar-refractivity contribution in [3.63, 3.8) is 0 Å². The number of carbonyl (C=O) groups is 2. The molecule has 5 rings (SSSR count). The van der Waals surface area contributed by atoms with E-state index in [-0.39, 0.29) is 17.3 Å². The number of aryl methyl sites for hydroxylation is 2. The normalized spacial score (nSPS) is 11.9. The van der Waals surface area contributed by atoms with Crippen molar-refractivity contribution in [3.05, 3.63) is 130 Å². The van der Waals surface area contributed by atoms with Crippen LogP contribution in [0.3, 0.4) is 0 Å². The highest BCUT2D eigenvalue weighted by molar-refractivity contribution is 5.99. The first-order chi connectivity index (χ1) is 19.2. The summed E-state index contributed by atoms with van der Waals surface area (Å²) in [6.45, 7) is 8.24. The van der Waals surface area contributed by atoms with E-state index in [1.165, 1.54) is 0 Å². The highest BCUT2D eigenvalue weighted by atomic mass is 19.1. The van der Waals surface area contributed by atoms with Crippen molar-refractivity contribution in [2.45, 2.75) is 40.3 Å². The van der Waals surface area contributed by atoms with Crippen LogP contribution in [0.2, 0.25) is 0 Å². The zero-order valence-corrected chi connectivity index (χ0v) is 23.0. The maximum absolute atomic E-state index is 14.6. The number of hydrogen-bond donors (Lipinski definition) is 2. The quantitative estimate of drug-likeness (QED) is 0.226. The Balaban J connectivity index is 1.39. The third-order valence-corrected chi connectivity index (χ3v) is 7.70. The number of hydrogen-bond acceptors (Lipinski definition) is 2. The molecule has 0 aliphatic rings. The van der Waals surface area contributed by atoms with E-state index in [2.05, 4.69) is 16.8 Å². The van der Waals surface area contributed by atoms with Gasteiger partial charge in [0.2, 0.25) is 0 Å². The average molecular weight is 535 g/mol. The van der Waals surface area contributed by atoms with Crippen LogP contribution in [0.1, 0.15) is 61.6 Å². The summed E-state index contributed by atoms with van der Waals surface area (Å²) in [7, 11) is 0. The smallest absolute Gasteiger partial charge is 0.336 e. The maximum atomic E-state index is 14.6.